The molecule has 1 aromatic heterocycles. The van der Waals surface area contributed by atoms with Gasteiger partial charge in [-0.15, -0.1) is 0 Å². The number of hydrogen-bond donors (Lipinski definition) is 2. The minimum atomic E-state index is -0.235. The molecule has 0 radical (unpaired) electrons. The summed E-state index contributed by atoms with van der Waals surface area (Å²) in [5, 5.41) is 22.9. The van der Waals surface area contributed by atoms with Crippen LogP contribution in [0.25, 0.3) is 0 Å². The molecule has 7 heteroatoms. The van der Waals surface area contributed by atoms with Gasteiger partial charge < -0.3 is 20.5 Å². The van der Waals surface area contributed by atoms with Gasteiger partial charge in [0.15, 0.2) is 0 Å². The van der Waals surface area contributed by atoms with Crippen LogP contribution in [-0.2, 0) is 4.74 Å². The zero-order valence-electron chi connectivity index (χ0n) is 8.39. The first-order valence-electron chi connectivity index (χ1n) is 4.83. The SMILES string of the molecule is [O-]N(O)c1cnc(Cl)cc1NC1CCOC1. The van der Waals surface area contributed by atoms with E-state index in [2.05, 4.69) is 10.3 Å². The summed E-state index contributed by atoms with van der Waals surface area (Å²) in [6, 6.07) is 1.62. The van der Waals surface area contributed by atoms with E-state index in [0.29, 0.717) is 18.9 Å². The first kappa shape index (κ1) is 11.4. The highest BCUT2D eigenvalue weighted by Crippen LogP contribution is 2.27. The molecule has 6 nitrogen and oxygen atoms in total. The summed E-state index contributed by atoms with van der Waals surface area (Å²) in [4.78, 5) is 3.73. The summed E-state index contributed by atoms with van der Waals surface area (Å²) < 4.78 is 5.19. The summed E-state index contributed by atoms with van der Waals surface area (Å²) in [7, 11) is 0. The number of anilines is 2. The van der Waals surface area contributed by atoms with Crippen molar-refractivity contribution >= 4 is 23.0 Å². The van der Waals surface area contributed by atoms with Gasteiger partial charge in [-0.3, -0.25) is 5.21 Å². The van der Waals surface area contributed by atoms with Crippen molar-refractivity contribution in [2.24, 2.45) is 0 Å². The molecule has 0 aliphatic carbocycles. The average Bonchev–Trinajstić information content (AvgIpc) is 2.70. The van der Waals surface area contributed by atoms with Gasteiger partial charge in [-0.25, -0.2) is 4.98 Å². The maximum Gasteiger partial charge on any atom is 0.131 e. The number of aromatic nitrogens is 1. The van der Waals surface area contributed by atoms with Crippen LogP contribution in [0.15, 0.2) is 12.3 Å². The Bertz CT molecular complexity index is 369. The molecule has 1 atom stereocenters. The van der Waals surface area contributed by atoms with Crippen LogP contribution < -0.4 is 10.5 Å². The molecule has 2 N–H and O–H groups in total. The maximum absolute atomic E-state index is 10.9. The molecule has 0 aromatic carbocycles. The molecule has 2 rings (SSSR count). The highest BCUT2D eigenvalue weighted by molar-refractivity contribution is 6.29. The lowest BCUT2D eigenvalue weighted by atomic mass is 10.2. The van der Waals surface area contributed by atoms with E-state index < -0.39 is 0 Å². The minimum absolute atomic E-state index is 0.0382. The van der Waals surface area contributed by atoms with E-state index >= 15 is 0 Å². The third kappa shape index (κ3) is 2.53. The molecule has 1 aromatic rings. The van der Waals surface area contributed by atoms with E-state index in [1.165, 1.54) is 12.3 Å². The smallest absolute Gasteiger partial charge is 0.131 e. The van der Waals surface area contributed by atoms with Crippen LogP contribution in [0.5, 0.6) is 0 Å². The standard InChI is InChI=1S/C9H11ClN3O3/c10-9-3-7(8(4-11-9)13(14)15)12-6-1-2-16-5-6/h3-4,6,14H,1-2,5H2,(H,11,12)/q-1. The third-order valence-electron chi connectivity index (χ3n) is 2.34. The van der Waals surface area contributed by atoms with Gasteiger partial charge in [0, 0.05) is 12.7 Å². The number of halogens is 1. The van der Waals surface area contributed by atoms with Crippen molar-refractivity contribution in [3.63, 3.8) is 0 Å². The fourth-order valence-corrected chi connectivity index (χ4v) is 1.72. The van der Waals surface area contributed by atoms with Crippen molar-refractivity contribution in [1.29, 1.82) is 0 Å². The maximum atomic E-state index is 10.9. The minimum Gasteiger partial charge on any atom is -0.733 e. The molecule has 1 fully saturated rings. The number of nitrogens with zero attached hydrogens (tertiary/aromatic N) is 2. The number of hydrogen-bond acceptors (Lipinski definition) is 6. The highest BCUT2D eigenvalue weighted by atomic mass is 35.5. The van der Waals surface area contributed by atoms with Crippen molar-refractivity contribution in [3.8, 4) is 0 Å². The van der Waals surface area contributed by atoms with Crippen LogP contribution in [0.4, 0.5) is 11.4 Å². The topological polar surface area (TPSA) is 80.7 Å². The van der Waals surface area contributed by atoms with Crippen molar-refractivity contribution in [1.82, 2.24) is 4.98 Å². The Labute approximate surface area is 97.3 Å². The molecule has 2 heterocycles. The zero-order chi connectivity index (χ0) is 11.5. The van der Waals surface area contributed by atoms with Crippen molar-refractivity contribution < 1.29 is 9.94 Å². The molecule has 1 aliphatic rings. The molecular formula is C9H11ClN3O3-. The second-order valence-corrected chi connectivity index (χ2v) is 3.89. The monoisotopic (exact) mass is 244 g/mol. The van der Waals surface area contributed by atoms with Crippen LogP contribution >= 0.6 is 11.6 Å². The summed E-state index contributed by atoms with van der Waals surface area (Å²) >= 11 is 5.72. The van der Waals surface area contributed by atoms with E-state index in [1.807, 2.05) is 0 Å². The van der Waals surface area contributed by atoms with E-state index in [0.717, 1.165) is 6.42 Å². The lowest BCUT2D eigenvalue weighted by molar-refractivity contribution is 0.195. The summed E-state index contributed by atoms with van der Waals surface area (Å²) in [6.45, 7) is 1.26. The molecular weight excluding hydrogens is 234 g/mol. The largest absolute Gasteiger partial charge is 0.733 e. The lowest BCUT2D eigenvalue weighted by Gasteiger charge is -2.25. The van der Waals surface area contributed by atoms with Crippen LogP contribution in [0.3, 0.4) is 0 Å². The molecule has 0 amide bonds. The van der Waals surface area contributed by atoms with Crippen LogP contribution in [-0.4, -0.2) is 29.4 Å². The quantitative estimate of drug-likeness (QED) is 0.621. The van der Waals surface area contributed by atoms with E-state index in [4.69, 9.17) is 21.5 Å². The lowest BCUT2D eigenvalue weighted by Crippen LogP contribution is -2.21. The Morgan fingerprint density at radius 2 is 2.50 bits per heavy atom. The molecule has 88 valence electrons. The van der Waals surface area contributed by atoms with Gasteiger partial charge in [0.2, 0.25) is 0 Å². The van der Waals surface area contributed by atoms with Gasteiger partial charge in [0.25, 0.3) is 0 Å². The molecule has 16 heavy (non-hydrogen) atoms. The van der Waals surface area contributed by atoms with E-state index in [9.17, 15) is 5.21 Å². The van der Waals surface area contributed by atoms with Crippen molar-refractivity contribution in [3.05, 3.63) is 22.6 Å². The molecule has 0 bridgehead atoms. The Morgan fingerprint density at radius 1 is 1.69 bits per heavy atom. The number of pyridine rings is 1. The molecule has 1 aliphatic heterocycles. The highest BCUT2D eigenvalue weighted by Gasteiger charge is 2.17. The second kappa shape index (κ2) is 4.84. The van der Waals surface area contributed by atoms with Gasteiger partial charge in [-0.05, 0) is 6.42 Å². The molecule has 0 saturated carbocycles. The molecule has 1 unspecified atom stereocenters. The third-order valence-corrected chi connectivity index (χ3v) is 2.55. The Morgan fingerprint density at radius 3 is 3.12 bits per heavy atom. The van der Waals surface area contributed by atoms with Crippen LogP contribution in [0.1, 0.15) is 6.42 Å². The summed E-state index contributed by atoms with van der Waals surface area (Å²) in [5.74, 6) is 0. The Balaban J connectivity index is 2.19. The van der Waals surface area contributed by atoms with Gasteiger partial charge in [0.1, 0.15) is 5.15 Å². The summed E-state index contributed by atoms with van der Waals surface area (Å²) in [5.41, 5.74) is 0.490. The Hall–Kier alpha value is -1.08. The van der Waals surface area contributed by atoms with Crippen LogP contribution in [0, 0.1) is 5.21 Å². The fourth-order valence-electron chi connectivity index (χ4n) is 1.56. The Kier molecular flexibility index (Phi) is 3.45. The first-order chi connectivity index (χ1) is 7.66. The fraction of sp³-hybridized carbons (Fsp3) is 0.444. The van der Waals surface area contributed by atoms with Gasteiger partial charge >= 0.3 is 0 Å². The van der Waals surface area contributed by atoms with Crippen LogP contribution in [0.2, 0.25) is 5.15 Å². The van der Waals surface area contributed by atoms with Gasteiger partial charge in [-0.1, -0.05) is 11.6 Å². The number of rotatable bonds is 3. The van der Waals surface area contributed by atoms with E-state index in [-0.39, 0.29) is 22.1 Å². The molecule has 1 saturated heterocycles. The predicted molar refractivity (Wildman–Crippen MR) is 59.7 cm³/mol. The summed E-state index contributed by atoms with van der Waals surface area (Å²) in [6.07, 6.45) is 2.07. The number of nitrogens with one attached hydrogen (secondary N) is 1. The van der Waals surface area contributed by atoms with Crippen molar-refractivity contribution in [2.75, 3.05) is 23.8 Å². The van der Waals surface area contributed by atoms with Crippen molar-refractivity contribution in [2.45, 2.75) is 12.5 Å². The first-order valence-corrected chi connectivity index (χ1v) is 5.20. The van der Waals surface area contributed by atoms with E-state index in [1.54, 1.807) is 0 Å². The zero-order valence-corrected chi connectivity index (χ0v) is 9.15. The normalized spacial score (nSPS) is 19.8. The second-order valence-electron chi connectivity index (χ2n) is 3.50. The number of ether oxygens (including phenoxy) is 1. The van der Waals surface area contributed by atoms with Gasteiger partial charge in [0.05, 0.1) is 30.2 Å². The predicted octanol–water partition coefficient (Wildman–Crippen LogP) is 1.63. The van der Waals surface area contributed by atoms with Gasteiger partial charge in [-0.2, -0.15) is 0 Å². The average molecular weight is 245 g/mol. The molecule has 0 spiro atoms.